The van der Waals surface area contributed by atoms with Crippen LogP contribution in [0.2, 0.25) is 0 Å². The van der Waals surface area contributed by atoms with E-state index in [0.29, 0.717) is 0 Å². The first kappa shape index (κ1) is 9.46. The van der Waals surface area contributed by atoms with Gasteiger partial charge < -0.3 is 10.0 Å². The van der Waals surface area contributed by atoms with Gasteiger partial charge in [0.25, 0.3) is 0 Å². The molecule has 3 nitrogen and oxygen atoms in total. The summed E-state index contributed by atoms with van der Waals surface area (Å²) in [5.41, 5.74) is 0.880. The van der Waals surface area contributed by atoms with Gasteiger partial charge in [0.1, 0.15) is 5.82 Å². The van der Waals surface area contributed by atoms with Gasteiger partial charge in [-0.15, -0.1) is 0 Å². The van der Waals surface area contributed by atoms with Gasteiger partial charge in [-0.3, -0.25) is 0 Å². The summed E-state index contributed by atoms with van der Waals surface area (Å²) in [5, 5.41) is 8.89. The minimum Gasteiger partial charge on any atom is -0.392 e. The average molecular weight is 192 g/mol. The SMILES string of the molecule is OCc1ccc(N2CCCCC2)nc1. The van der Waals surface area contributed by atoms with Crippen molar-refractivity contribution in [3.8, 4) is 0 Å². The molecule has 2 rings (SSSR count). The Hall–Kier alpha value is -1.09. The van der Waals surface area contributed by atoms with E-state index in [2.05, 4.69) is 9.88 Å². The Morgan fingerprint density at radius 2 is 2.00 bits per heavy atom. The molecule has 1 aliphatic heterocycles. The summed E-state index contributed by atoms with van der Waals surface area (Å²) in [6, 6.07) is 3.94. The summed E-state index contributed by atoms with van der Waals surface area (Å²) in [7, 11) is 0. The van der Waals surface area contributed by atoms with Crippen molar-refractivity contribution in [3.05, 3.63) is 23.9 Å². The van der Waals surface area contributed by atoms with Crippen LogP contribution in [0.3, 0.4) is 0 Å². The number of anilines is 1. The maximum Gasteiger partial charge on any atom is 0.128 e. The zero-order valence-electron chi connectivity index (χ0n) is 8.32. The van der Waals surface area contributed by atoms with E-state index in [1.807, 2.05) is 12.1 Å². The maximum absolute atomic E-state index is 8.89. The Balaban J connectivity index is 2.07. The van der Waals surface area contributed by atoms with Crippen molar-refractivity contribution < 1.29 is 5.11 Å². The molecule has 0 aromatic carbocycles. The molecule has 2 heterocycles. The summed E-state index contributed by atoms with van der Waals surface area (Å²) >= 11 is 0. The first-order valence-electron chi connectivity index (χ1n) is 5.21. The Bertz CT molecular complexity index is 278. The third-order valence-electron chi connectivity index (χ3n) is 2.67. The fourth-order valence-corrected chi connectivity index (χ4v) is 1.82. The number of aliphatic hydroxyl groups is 1. The van der Waals surface area contributed by atoms with Gasteiger partial charge in [0, 0.05) is 19.3 Å². The number of aliphatic hydroxyl groups excluding tert-OH is 1. The van der Waals surface area contributed by atoms with Crippen LogP contribution in [0.25, 0.3) is 0 Å². The number of hydrogen-bond acceptors (Lipinski definition) is 3. The summed E-state index contributed by atoms with van der Waals surface area (Å²) in [6.45, 7) is 2.31. The molecule has 0 bridgehead atoms. The molecule has 1 aromatic heterocycles. The lowest BCUT2D eigenvalue weighted by Crippen LogP contribution is -2.30. The van der Waals surface area contributed by atoms with Crippen LogP contribution in [-0.4, -0.2) is 23.2 Å². The molecular weight excluding hydrogens is 176 g/mol. The van der Waals surface area contributed by atoms with E-state index in [1.165, 1.54) is 19.3 Å². The highest BCUT2D eigenvalue weighted by atomic mass is 16.3. The predicted octanol–water partition coefficient (Wildman–Crippen LogP) is 1.56. The van der Waals surface area contributed by atoms with Crippen LogP contribution in [0, 0.1) is 0 Å². The molecule has 3 heteroatoms. The van der Waals surface area contributed by atoms with Gasteiger partial charge in [-0.25, -0.2) is 4.98 Å². The first-order chi connectivity index (χ1) is 6.90. The molecule has 0 radical (unpaired) electrons. The molecule has 76 valence electrons. The Labute approximate surface area is 84.4 Å². The van der Waals surface area contributed by atoms with Crippen molar-refractivity contribution in [1.82, 2.24) is 4.98 Å². The fourth-order valence-electron chi connectivity index (χ4n) is 1.82. The number of piperidine rings is 1. The average Bonchev–Trinajstić information content (AvgIpc) is 2.30. The van der Waals surface area contributed by atoms with E-state index >= 15 is 0 Å². The minimum atomic E-state index is 0.0767. The Morgan fingerprint density at radius 3 is 2.57 bits per heavy atom. The number of nitrogens with zero attached hydrogens (tertiary/aromatic N) is 2. The summed E-state index contributed by atoms with van der Waals surface area (Å²) < 4.78 is 0. The third-order valence-corrected chi connectivity index (χ3v) is 2.67. The molecule has 1 N–H and O–H groups in total. The molecule has 0 amide bonds. The molecular formula is C11H16N2O. The van der Waals surface area contributed by atoms with Crippen LogP contribution >= 0.6 is 0 Å². The lowest BCUT2D eigenvalue weighted by Gasteiger charge is -2.27. The van der Waals surface area contributed by atoms with Gasteiger partial charge in [0.2, 0.25) is 0 Å². The molecule has 0 unspecified atom stereocenters. The lowest BCUT2D eigenvalue weighted by atomic mass is 10.1. The highest BCUT2D eigenvalue weighted by Crippen LogP contribution is 2.17. The van der Waals surface area contributed by atoms with E-state index in [0.717, 1.165) is 24.5 Å². The molecule has 1 aromatic rings. The molecule has 0 spiro atoms. The lowest BCUT2D eigenvalue weighted by molar-refractivity contribution is 0.281. The molecule has 0 saturated carbocycles. The standard InChI is InChI=1S/C11H16N2O/c14-9-10-4-5-11(12-8-10)13-6-2-1-3-7-13/h4-5,8,14H,1-3,6-7,9H2. The predicted molar refractivity (Wildman–Crippen MR) is 56.2 cm³/mol. The molecule has 0 atom stereocenters. The number of hydrogen-bond donors (Lipinski definition) is 1. The van der Waals surface area contributed by atoms with Gasteiger partial charge >= 0.3 is 0 Å². The van der Waals surface area contributed by atoms with Crippen LogP contribution in [0.15, 0.2) is 18.3 Å². The first-order valence-corrected chi connectivity index (χ1v) is 5.21. The Kier molecular flexibility index (Phi) is 2.99. The quantitative estimate of drug-likeness (QED) is 0.772. The number of rotatable bonds is 2. The van der Waals surface area contributed by atoms with Gasteiger partial charge in [-0.2, -0.15) is 0 Å². The maximum atomic E-state index is 8.89. The van der Waals surface area contributed by atoms with Crippen molar-refractivity contribution in [2.24, 2.45) is 0 Å². The normalized spacial score (nSPS) is 17.1. The van der Waals surface area contributed by atoms with E-state index in [9.17, 15) is 0 Å². The summed E-state index contributed by atoms with van der Waals surface area (Å²) in [4.78, 5) is 6.65. The molecule has 0 aliphatic carbocycles. The third kappa shape index (κ3) is 2.04. The van der Waals surface area contributed by atoms with Crippen LogP contribution in [0.1, 0.15) is 24.8 Å². The van der Waals surface area contributed by atoms with Crippen molar-refractivity contribution in [2.75, 3.05) is 18.0 Å². The second-order valence-electron chi connectivity index (χ2n) is 3.73. The minimum absolute atomic E-state index is 0.0767. The smallest absolute Gasteiger partial charge is 0.128 e. The topological polar surface area (TPSA) is 36.4 Å². The largest absolute Gasteiger partial charge is 0.392 e. The highest BCUT2D eigenvalue weighted by Gasteiger charge is 2.11. The van der Waals surface area contributed by atoms with Crippen molar-refractivity contribution >= 4 is 5.82 Å². The molecule has 1 saturated heterocycles. The second-order valence-corrected chi connectivity index (χ2v) is 3.73. The molecule has 14 heavy (non-hydrogen) atoms. The zero-order valence-corrected chi connectivity index (χ0v) is 8.32. The van der Waals surface area contributed by atoms with Gasteiger partial charge in [0.15, 0.2) is 0 Å². The highest BCUT2D eigenvalue weighted by molar-refractivity contribution is 5.39. The van der Waals surface area contributed by atoms with Crippen LogP contribution in [0.4, 0.5) is 5.82 Å². The van der Waals surface area contributed by atoms with Gasteiger partial charge in [-0.05, 0) is 30.9 Å². The number of pyridine rings is 1. The molecule has 1 fully saturated rings. The van der Waals surface area contributed by atoms with Gasteiger partial charge in [-0.1, -0.05) is 6.07 Å². The van der Waals surface area contributed by atoms with Crippen LogP contribution in [-0.2, 0) is 6.61 Å². The second kappa shape index (κ2) is 4.42. The summed E-state index contributed by atoms with van der Waals surface area (Å²) in [5.74, 6) is 1.04. The van der Waals surface area contributed by atoms with Gasteiger partial charge in [0.05, 0.1) is 6.61 Å². The van der Waals surface area contributed by atoms with E-state index < -0.39 is 0 Å². The molecule has 1 aliphatic rings. The van der Waals surface area contributed by atoms with Crippen molar-refractivity contribution in [3.63, 3.8) is 0 Å². The van der Waals surface area contributed by atoms with Crippen LogP contribution < -0.4 is 4.90 Å². The van der Waals surface area contributed by atoms with E-state index in [4.69, 9.17) is 5.11 Å². The zero-order chi connectivity index (χ0) is 9.80. The Morgan fingerprint density at radius 1 is 1.21 bits per heavy atom. The summed E-state index contributed by atoms with van der Waals surface area (Å²) in [6.07, 6.45) is 5.63. The number of aromatic nitrogens is 1. The van der Waals surface area contributed by atoms with E-state index in [-0.39, 0.29) is 6.61 Å². The van der Waals surface area contributed by atoms with Crippen LogP contribution in [0.5, 0.6) is 0 Å². The fraction of sp³-hybridized carbons (Fsp3) is 0.545. The van der Waals surface area contributed by atoms with Crippen molar-refractivity contribution in [1.29, 1.82) is 0 Å². The van der Waals surface area contributed by atoms with Crippen molar-refractivity contribution in [2.45, 2.75) is 25.9 Å². The van der Waals surface area contributed by atoms with E-state index in [1.54, 1.807) is 6.20 Å². The monoisotopic (exact) mass is 192 g/mol.